The predicted molar refractivity (Wildman–Crippen MR) is 60.4 cm³/mol. The first-order valence-corrected chi connectivity index (χ1v) is 5.16. The molecule has 4 heteroatoms. The molecule has 0 radical (unpaired) electrons. The molecule has 0 bridgehead atoms. The minimum atomic E-state index is -0.249. The average Bonchev–Trinajstić information content (AvgIpc) is 2.67. The van der Waals surface area contributed by atoms with Crippen molar-refractivity contribution in [1.29, 1.82) is 0 Å². The molecule has 16 heavy (non-hydrogen) atoms. The summed E-state index contributed by atoms with van der Waals surface area (Å²) in [4.78, 5) is 0. The zero-order chi connectivity index (χ0) is 11.5. The molecule has 0 unspecified atom stereocenters. The zero-order valence-corrected chi connectivity index (χ0v) is 9.15. The number of nitrogens with zero attached hydrogens (tertiary/aromatic N) is 2. The molecule has 0 atom stereocenters. The summed E-state index contributed by atoms with van der Waals surface area (Å²) in [6, 6.07) is 6.62. The van der Waals surface area contributed by atoms with E-state index >= 15 is 0 Å². The second-order valence-corrected chi connectivity index (χ2v) is 3.77. The zero-order valence-electron chi connectivity index (χ0n) is 9.15. The average molecular weight is 219 g/mol. The van der Waals surface area contributed by atoms with Crippen molar-refractivity contribution in [1.82, 2.24) is 9.78 Å². The minimum Gasteiger partial charge on any atom is -0.326 e. The van der Waals surface area contributed by atoms with Crippen molar-refractivity contribution in [2.45, 2.75) is 20.0 Å². The van der Waals surface area contributed by atoms with E-state index in [1.54, 1.807) is 6.07 Å². The summed E-state index contributed by atoms with van der Waals surface area (Å²) in [5.74, 6) is -0.249. The number of aryl methyl sites for hydroxylation is 1. The van der Waals surface area contributed by atoms with Gasteiger partial charge in [0.15, 0.2) is 0 Å². The highest BCUT2D eigenvalue weighted by Crippen LogP contribution is 2.12. The summed E-state index contributed by atoms with van der Waals surface area (Å²) >= 11 is 0. The molecular weight excluding hydrogens is 205 g/mol. The molecule has 0 aliphatic heterocycles. The second-order valence-electron chi connectivity index (χ2n) is 3.77. The highest BCUT2D eigenvalue weighted by Gasteiger charge is 2.04. The van der Waals surface area contributed by atoms with Crippen molar-refractivity contribution >= 4 is 0 Å². The fourth-order valence-electron chi connectivity index (χ4n) is 1.66. The van der Waals surface area contributed by atoms with E-state index in [-0.39, 0.29) is 5.82 Å². The van der Waals surface area contributed by atoms with Crippen LogP contribution in [0.15, 0.2) is 30.5 Å². The number of hydrogen-bond acceptors (Lipinski definition) is 2. The van der Waals surface area contributed by atoms with Crippen LogP contribution < -0.4 is 5.73 Å². The molecule has 0 aliphatic rings. The Morgan fingerprint density at radius 3 is 2.75 bits per heavy atom. The van der Waals surface area contributed by atoms with E-state index in [9.17, 15) is 4.39 Å². The number of nitrogens with two attached hydrogens (primary N) is 1. The van der Waals surface area contributed by atoms with Crippen molar-refractivity contribution in [3.63, 3.8) is 0 Å². The smallest absolute Gasteiger partial charge is 0.123 e. The van der Waals surface area contributed by atoms with Crippen LogP contribution in [0.1, 0.15) is 16.8 Å². The lowest BCUT2D eigenvalue weighted by Crippen LogP contribution is -2.07. The lowest BCUT2D eigenvalue weighted by molar-refractivity contribution is 0.620. The Kier molecular flexibility index (Phi) is 3.01. The Bertz CT molecular complexity index is 491. The van der Waals surface area contributed by atoms with E-state index in [1.165, 1.54) is 12.1 Å². The van der Waals surface area contributed by atoms with Gasteiger partial charge in [-0.05, 0) is 36.2 Å². The molecule has 0 amide bonds. The molecule has 2 rings (SSSR count). The van der Waals surface area contributed by atoms with E-state index < -0.39 is 0 Å². The lowest BCUT2D eigenvalue weighted by atomic mass is 10.1. The molecule has 2 N–H and O–H groups in total. The predicted octanol–water partition coefficient (Wildman–Crippen LogP) is 1.84. The van der Waals surface area contributed by atoms with Crippen LogP contribution in [0, 0.1) is 12.7 Å². The summed E-state index contributed by atoms with van der Waals surface area (Å²) in [6.45, 7) is 2.90. The summed E-state index contributed by atoms with van der Waals surface area (Å²) < 4.78 is 14.8. The van der Waals surface area contributed by atoms with Crippen LogP contribution in [0.25, 0.3) is 0 Å². The Balaban J connectivity index is 2.27. The van der Waals surface area contributed by atoms with Gasteiger partial charge in [0.2, 0.25) is 0 Å². The van der Waals surface area contributed by atoms with E-state index in [0.29, 0.717) is 13.1 Å². The lowest BCUT2D eigenvalue weighted by Gasteiger charge is -2.08. The van der Waals surface area contributed by atoms with E-state index in [1.807, 2.05) is 23.9 Å². The Morgan fingerprint density at radius 1 is 1.31 bits per heavy atom. The molecule has 1 heterocycles. The van der Waals surface area contributed by atoms with Crippen LogP contribution in [-0.4, -0.2) is 9.78 Å². The van der Waals surface area contributed by atoms with Gasteiger partial charge in [-0.1, -0.05) is 6.07 Å². The first kappa shape index (κ1) is 10.8. The van der Waals surface area contributed by atoms with Crippen molar-refractivity contribution in [2.24, 2.45) is 5.73 Å². The molecule has 2 aromatic rings. The molecule has 0 aliphatic carbocycles. The number of hydrogen-bond donors (Lipinski definition) is 1. The fourth-order valence-corrected chi connectivity index (χ4v) is 1.66. The van der Waals surface area contributed by atoms with Crippen LogP contribution in [0.3, 0.4) is 0 Å². The van der Waals surface area contributed by atoms with Crippen LogP contribution in [-0.2, 0) is 13.1 Å². The normalized spacial score (nSPS) is 10.7. The highest BCUT2D eigenvalue weighted by atomic mass is 19.1. The third-order valence-electron chi connectivity index (χ3n) is 2.49. The summed E-state index contributed by atoms with van der Waals surface area (Å²) in [5.41, 5.74) is 8.38. The van der Waals surface area contributed by atoms with Gasteiger partial charge in [-0.2, -0.15) is 5.10 Å². The maximum Gasteiger partial charge on any atom is 0.123 e. The van der Waals surface area contributed by atoms with Crippen LogP contribution in [0.5, 0.6) is 0 Å². The monoisotopic (exact) mass is 219 g/mol. The molecular formula is C12H14FN3. The first-order valence-electron chi connectivity index (χ1n) is 5.16. The molecule has 3 nitrogen and oxygen atoms in total. The van der Waals surface area contributed by atoms with Gasteiger partial charge in [0.1, 0.15) is 5.82 Å². The van der Waals surface area contributed by atoms with Gasteiger partial charge < -0.3 is 5.73 Å². The number of halogens is 1. The Morgan fingerprint density at radius 2 is 2.12 bits per heavy atom. The van der Waals surface area contributed by atoms with Gasteiger partial charge in [0.05, 0.1) is 12.2 Å². The first-order chi connectivity index (χ1) is 7.69. The van der Waals surface area contributed by atoms with Crippen molar-refractivity contribution in [3.8, 4) is 0 Å². The molecule has 1 aromatic heterocycles. The van der Waals surface area contributed by atoms with E-state index in [0.717, 1.165) is 16.8 Å². The quantitative estimate of drug-likeness (QED) is 0.856. The Labute approximate surface area is 93.7 Å². The van der Waals surface area contributed by atoms with Gasteiger partial charge >= 0.3 is 0 Å². The molecule has 84 valence electrons. The third kappa shape index (κ3) is 2.28. The van der Waals surface area contributed by atoms with Gasteiger partial charge in [0.25, 0.3) is 0 Å². The van der Waals surface area contributed by atoms with E-state index in [2.05, 4.69) is 5.10 Å². The molecule has 1 aromatic carbocycles. The third-order valence-corrected chi connectivity index (χ3v) is 2.49. The topological polar surface area (TPSA) is 43.8 Å². The maximum atomic E-state index is 13.0. The Hall–Kier alpha value is -1.68. The SMILES string of the molecule is Cc1ccn(Cc2ccc(F)cc2CN)n1. The van der Waals surface area contributed by atoms with Crippen LogP contribution in [0.4, 0.5) is 4.39 Å². The molecule has 0 saturated heterocycles. The van der Waals surface area contributed by atoms with Crippen molar-refractivity contribution in [3.05, 3.63) is 53.1 Å². The van der Waals surface area contributed by atoms with Gasteiger partial charge in [0, 0.05) is 12.7 Å². The number of benzene rings is 1. The number of aromatic nitrogens is 2. The summed E-state index contributed by atoms with van der Waals surface area (Å²) in [5, 5.41) is 4.29. The second kappa shape index (κ2) is 4.45. The van der Waals surface area contributed by atoms with Crippen LogP contribution in [0.2, 0.25) is 0 Å². The molecule has 0 fully saturated rings. The fraction of sp³-hybridized carbons (Fsp3) is 0.250. The van der Waals surface area contributed by atoms with Gasteiger partial charge in [-0.25, -0.2) is 4.39 Å². The van der Waals surface area contributed by atoms with Crippen molar-refractivity contribution in [2.75, 3.05) is 0 Å². The highest BCUT2D eigenvalue weighted by molar-refractivity contribution is 5.28. The number of rotatable bonds is 3. The van der Waals surface area contributed by atoms with Gasteiger partial charge in [-0.15, -0.1) is 0 Å². The largest absolute Gasteiger partial charge is 0.326 e. The van der Waals surface area contributed by atoms with E-state index in [4.69, 9.17) is 5.73 Å². The molecule has 0 saturated carbocycles. The minimum absolute atomic E-state index is 0.249. The standard InChI is InChI=1S/C12H14FN3/c1-9-4-5-16(15-9)8-10-2-3-12(13)6-11(10)7-14/h2-6H,7-8,14H2,1H3. The maximum absolute atomic E-state index is 13.0. The van der Waals surface area contributed by atoms with Crippen LogP contribution >= 0.6 is 0 Å². The van der Waals surface area contributed by atoms with Gasteiger partial charge in [-0.3, -0.25) is 4.68 Å². The summed E-state index contributed by atoms with van der Waals surface area (Å²) in [6.07, 6.45) is 1.90. The summed E-state index contributed by atoms with van der Waals surface area (Å²) in [7, 11) is 0. The van der Waals surface area contributed by atoms with Crippen molar-refractivity contribution < 1.29 is 4.39 Å². The molecule has 0 spiro atoms.